The molecule has 0 aromatic heterocycles. The van der Waals surface area contributed by atoms with E-state index >= 15 is 0 Å². The number of urea groups is 1. The Morgan fingerprint density at radius 3 is 2.25 bits per heavy atom. The summed E-state index contributed by atoms with van der Waals surface area (Å²) in [6.07, 6.45) is 0. The number of nitrogens with one attached hydrogen (secondary N) is 3. The van der Waals surface area contributed by atoms with Crippen molar-refractivity contribution in [2.24, 2.45) is 0 Å². The first-order valence-corrected chi connectivity index (χ1v) is 8.93. The number of hydrogen-bond donors (Lipinski definition) is 3. The van der Waals surface area contributed by atoms with Crippen LogP contribution in [-0.2, 0) is 19.9 Å². The van der Waals surface area contributed by atoms with Gasteiger partial charge in [-0.2, -0.15) is 5.01 Å². The van der Waals surface area contributed by atoms with E-state index in [4.69, 9.17) is 0 Å². The van der Waals surface area contributed by atoms with Crippen LogP contribution in [0.15, 0.2) is 30.3 Å². The number of rotatable bonds is 6. The maximum atomic E-state index is 12.7. The zero-order chi connectivity index (χ0) is 21.1. The Morgan fingerprint density at radius 1 is 1.11 bits per heavy atom. The van der Waals surface area contributed by atoms with Crippen LogP contribution in [0.25, 0.3) is 0 Å². The lowest BCUT2D eigenvalue weighted by Gasteiger charge is -2.24. The van der Waals surface area contributed by atoms with Crippen LogP contribution >= 0.6 is 0 Å². The Kier molecular flexibility index (Phi) is 6.08. The fraction of sp³-hybridized carbons (Fsp3) is 0.474. The smallest absolute Gasteiger partial charge is 0.344 e. The normalized spacial score (nSPS) is 19.6. The number of hydrogen-bond acceptors (Lipinski definition) is 5. The van der Waals surface area contributed by atoms with Crippen molar-refractivity contribution in [1.29, 1.82) is 0 Å². The second-order valence-electron chi connectivity index (χ2n) is 8.07. The minimum Gasteiger partial charge on any atom is -0.350 e. The number of benzene rings is 1. The van der Waals surface area contributed by atoms with Gasteiger partial charge in [0.05, 0.1) is 13.1 Å². The van der Waals surface area contributed by atoms with Crippen molar-refractivity contribution in [2.75, 3.05) is 20.1 Å². The van der Waals surface area contributed by atoms with E-state index in [1.165, 1.54) is 4.90 Å². The van der Waals surface area contributed by atoms with Crippen LogP contribution < -0.4 is 16.1 Å². The van der Waals surface area contributed by atoms with E-state index in [0.717, 1.165) is 0 Å². The first-order chi connectivity index (χ1) is 12.9. The molecule has 2 rings (SSSR count). The van der Waals surface area contributed by atoms with Gasteiger partial charge in [-0.3, -0.25) is 24.7 Å². The lowest BCUT2D eigenvalue weighted by atomic mass is 9.92. The lowest BCUT2D eigenvalue weighted by molar-refractivity contribution is -0.139. The van der Waals surface area contributed by atoms with Crippen LogP contribution in [0.2, 0.25) is 0 Å². The molecule has 3 N–H and O–H groups in total. The molecular formula is C19H27N5O4. The van der Waals surface area contributed by atoms with Crippen molar-refractivity contribution in [3.05, 3.63) is 35.9 Å². The summed E-state index contributed by atoms with van der Waals surface area (Å²) >= 11 is 0. The van der Waals surface area contributed by atoms with Crippen molar-refractivity contribution < 1.29 is 19.2 Å². The second kappa shape index (κ2) is 7.97. The fourth-order valence-corrected chi connectivity index (χ4v) is 2.87. The molecule has 0 bridgehead atoms. The summed E-state index contributed by atoms with van der Waals surface area (Å²) in [5, 5.41) is 6.09. The van der Waals surface area contributed by atoms with Crippen LogP contribution in [0.1, 0.15) is 33.3 Å². The van der Waals surface area contributed by atoms with Crippen LogP contribution in [0.5, 0.6) is 0 Å². The van der Waals surface area contributed by atoms with Gasteiger partial charge in [0.1, 0.15) is 5.54 Å². The van der Waals surface area contributed by atoms with Gasteiger partial charge in [-0.1, -0.05) is 30.3 Å². The highest BCUT2D eigenvalue weighted by molar-refractivity contribution is 6.08. The van der Waals surface area contributed by atoms with Gasteiger partial charge in [0.15, 0.2) is 0 Å². The fourth-order valence-electron chi connectivity index (χ4n) is 2.87. The predicted octanol–water partition coefficient (Wildman–Crippen LogP) is 0.331. The molecule has 5 amide bonds. The number of carbonyl (C=O) groups is 4. The number of imide groups is 1. The van der Waals surface area contributed by atoms with Crippen molar-refractivity contribution in [3.8, 4) is 0 Å². The third-order valence-electron chi connectivity index (χ3n) is 4.12. The van der Waals surface area contributed by atoms with E-state index in [9.17, 15) is 19.2 Å². The molecule has 1 aromatic rings. The monoisotopic (exact) mass is 389 g/mol. The highest BCUT2D eigenvalue weighted by Crippen LogP contribution is 2.27. The van der Waals surface area contributed by atoms with E-state index in [0.29, 0.717) is 10.6 Å². The van der Waals surface area contributed by atoms with Crippen molar-refractivity contribution in [2.45, 2.75) is 38.8 Å². The predicted molar refractivity (Wildman–Crippen MR) is 103 cm³/mol. The Morgan fingerprint density at radius 2 is 1.68 bits per heavy atom. The van der Waals surface area contributed by atoms with Crippen LogP contribution in [0.3, 0.4) is 0 Å². The average molecular weight is 389 g/mol. The van der Waals surface area contributed by atoms with Crippen LogP contribution in [0, 0.1) is 0 Å². The third kappa shape index (κ3) is 5.07. The molecule has 1 aromatic carbocycles. The topological polar surface area (TPSA) is 111 Å². The van der Waals surface area contributed by atoms with Gasteiger partial charge >= 0.3 is 6.03 Å². The summed E-state index contributed by atoms with van der Waals surface area (Å²) in [6.45, 7) is 7.01. The molecule has 9 nitrogen and oxygen atoms in total. The molecule has 1 fully saturated rings. The Balaban J connectivity index is 1.96. The third-order valence-corrected chi connectivity index (χ3v) is 4.12. The van der Waals surface area contributed by atoms with E-state index in [2.05, 4.69) is 16.1 Å². The number of amides is 5. The summed E-state index contributed by atoms with van der Waals surface area (Å²) in [5.74, 6) is -1.38. The van der Waals surface area contributed by atoms with Crippen molar-refractivity contribution in [1.82, 2.24) is 26.0 Å². The van der Waals surface area contributed by atoms with E-state index in [-0.39, 0.29) is 24.5 Å². The molecule has 1 atom stereocenters. The minimum atomic E-state index is -1.26. The quantitative estimate of drug-likeness (QED) is 0.608. The van der Waals surface area contributed by atoms with E-state index in [1.807, 2.05) is 20.8 Å². The molecule has 0 radical (unpaired) electrons. The molecule has 152 valence electrons. The Hall–Kier alpha value is -2.94. The van der Waals surface area contributed by atoms with Crippen molar-refractivity contribution in [3.63, 3.8) is 0 Å². The number of nitrogens with zero attached hydrogens (tertiary/aromatic N) is 2. The lowest BCUT2D eigenvalue weighted by Crippen LogP contribution is -2.51. The van der Waals surface area contributed by atoms with Gasteiger partial charge < -0.3 is 10.6 Å². The maximum Gasteiger partial charge on any atom is 0.344 e. The molecule has 1 saturated heterocycles. The highest BCUT2D eigenvalue weighted by atomic mass is 16.2. The summed E-state index contributed by atoms with van der Waals surface area (Å²) in [6, 6.07) is 8.07. The molecule has 1 aliphatic rings. The average Bonchev–Trinajstić information content (AvgIpc) is 2.78. The molecule has 0 spiro atoms. The zero-order valence-corrected chi connectivity index (χ0v) is 16.8. The van der Waals surface area contributed by atoms with Crippen LogP contribution in [-0.4, -0.2) is 59.3 Å². The van der Waals surface area contributed by atoms with Gasteiger partial charge in [-0.25, -0.2) is 4.79 Å². The number of hydrazine groups is 1. The standard InChI is InChI=1S/C19H27N5O4/c1-18(2,3)20-14(25)11-23(5)12-15(26)22-24-16(27)19(4,21-17(24)28)13-9-7-6-8-10-13/h6-10H,11-12H2,1-5H3,(H,20,25)(H,21,28)(H,22,26)/t19-/m1/s1. The Bertz CT molecular complexity index is 774. The summed E-state index contributed by atoms with van der Waals surface area (Å²) in [5.41, 5.74) is 1.29. The first kappa shape index (κ1) is 21.4. The molecule has 1 heterocycles. The molecule has 0 unspecified atom stereocenters. The van der Waals surface area contributed by atoms with Gasteiger partial charge in [0, 0.05) is 5.54 Å². The largest absolute Gasteiger partial charge is 0.350 e. The first-order valence-electron chi connectivity index (χ1n) is 8.93. The molecule has 0 saturated carbocycles. The minimum absolute atomic E-state index is 0.00651. The van der Waals surface area contributed by atoms with Crippen molar-refractivity contribution >= 4 is 23.8 Å². The maximum absolute atomic E-state index is 12.7. The Labute approximate surface area is 164 Å². The molecule has 28 heavy (non-hydrogen) atoms. The molecule has 0 aliphatic carbocycles. The van der Waals surface area contributed by atoms with Gasteiger partial charge in [-0.15, -0.1) is 0 Å². The van der Waals surface area contributed by atoms with E-state index < -0.39 is 23.4 Å². The second-order valence-corrected chi connectivity index (χ2v) is 8.07. The molecule has 9 heteroatoms. The van der Waals surface area contributed by atoms with Crippen LogP contribution in [0.4, 0.5) is 4.79 Å². The zero-order valence-electron chi connectivity index (χ0n) is 16.8. The van der Waals surface area contributed by atoms with Gasteiger partial charge in [-0.05, 0) is 40.3 Å². The van der Waals surface area contributed by atoms with Gasteiger partial charge in [0.2, 0.25) is 5.91 Å². The highest BCUT2D eigenvalue weighted by Gasteiger charge is 2.49. The molecular weight excluding hydrogens is 362 g/mol. The van der Waals surface area contributed by atoms with Gasteiger partial charge in [0.25, 0.3) is 11.8 Å². The number of carbonyl (C=O) groups excluding carboxylic acids is 4. The summed E-state index contributed by atoms with van der Waals surface area (Å²) < 4.78 is 0. The summed E-state index contributed by atoms with van der Waals surface area (Å²) in [4.78, 5) is 50.7. The number of likely N-dealkylation sites (N-methyl/N-ethyl adjacent to an activating group) is 1. The summed E-state index contributed by atoms with van der Waals surface area (Å²) in [7, 11) is 1.60. The SMILES string of the molecule is CN(CC(=O)NN1C(=O)N[C@](C)(c2ccccc2)C1=O)CC(=O)NC(C)(C)C. The van der Waals surface area contributed by atoms with E-state index in [1.54, 1.807) is 44.3 Å². The molecule has 1 aliphatic heterocycles.